The van der Waals surface area contributed by atoms with Crippen LogP contribution in [0.4, 0.5) is 4.79 Å². The minimum Gasteiger partial charge on any atom is -0.497 e. The highest BCUT2D eigenvalue weighted by atomic mass is 16.5. The Morgan fingerprint density at radius 2 is 1.92 bits per heavy atom. The van der Waals surface area contributed by atoms with Gasteiger partial charge in [-0.1, -0.05) is 48.6 Å². The van der Waals surface area contributed by atoms with Crippen molar-refractivity contribution in [2.75, 3.05) is 13.7 Å². The first-order chi connectivity index (χ1) is 11.7. The Hall–Kier alpha value is -3.08. The van der Waals surface area contributed by atoms with Gasteiger partial charge in [0, 0.05) is 12.1 Å². The van der Waals surface area contributed by atoms with E-state index in [4.69, 9.17) is 9.47 Å². The molecule has 2 rings (SSSR count). The Bertz CT molecular complexity index is 711. The zero-order chi connectivity index (χ0) is 17.2. The van der Waals surface area contributed by atoms with E-state index in [-0.39, 0.29) is 6.61 Å². The van der Waals surface area contributed by atoms with Crippen molar-refractivity contribution in [3.05, 3.63) is 71.3 Å². The van der Waals surface area contributed by atoms with Crippen LogP contribution in [0.25, 0.3) is 6.08 Å². The number of ether oxygens (including phenoxy) is 2. The highest BCUT2D eigenvalue weighted by molar-refractivity contribution is 5.82. The summed E-state index contributed by atoms with van der Waals surface area (Å²) in [6, 6.07) is 14.7. The number of carbonyl (C=O) groups is 2. The summed E-state index contributed by atoms with van der Waals surface area (Å²) in [6.45, 7) is 0.530. The van der Waals surface area contributed by atoms with Crippen LogP contribution in [0.1, 0.15) is 21.5 Å². The molecule has 0 spiro atoms. The zero-order valence-corrected chi connectivity index (χ0v) is 13.4. The Morgan fingerprint density at radius 1 is 1.12 bits per heavy atom. The lowest BCUT2D eigenvalue weighted by atomic mass is 10.1. The van der Waals surface area contributed by atoms with Crippen molar-refractivity contribution in [2.45, 2.75) is 6.61 Å². The minimum absolute atomic E-state index is 0.226. The zero-order valence-electron chi connectivity index (χ0n) is 13.4. The van der Waals surface area contributed by atoms with Gasteiger partial charge in [0.15, 0.2) is 6.29 Å². The first-order valence-electron chi connectivity index (χ1n) is 7.47. The molecule has 0 aliphatic heterocycles. The number of benzene rings is 2. The summed E-state index contributed by atoms with van der Waals surface area (Å²) in [5, 5.41) is 2.62. The van der Waals surface area contributed by atoms with Gasteiger partial charge in [-0.25, -0.2) is 4.79 Å². The molecule has 0 unspecified atom stereocenters. The topological polar surface area (TPSA) is 64.6 Å². The lowest BCUT2D eigenvalue weighted by Gasteiger charge is -2.05. The molecule has 2 aromatic rings. The number of hydrogen-bond acceptors (Lipinski definition) is 4. The molecule has 1 amide bonds. The molecule has 0 heterocycles. The lowest BCUT2D eigenvalue weighted by molar-refractivity contribution is 0.112. The smallest absolute Gasteiger partial charge is 0.407 e. The van der Waals surface area contributed by atoms with Gasteiger partial charge < -0.3 is 14.8 Å². The average Bonchev–Trinajstić information content (AvgIpc) is 2.64. The van der Waals surface area contributed by atoms with Crippen molar-refractivity contribution in [3.8, 4) is 5.75 Å². The van der Waals surface area contributed by atoms with Crippen molar-refractivity contribution in [1.82, 2.24) is 5.32 Å². The highest BCUT2D eigenvalue weighted by Crippen LogP contribution is 2.17. The summed E-state index contributed by atoms with van der Waals surface area (Å²) >= 11 is 0. The van der Waals surface area contributed by atoms with E-state index in [1.54, 1.807) is 37.5 Å². The number of aldehydes is 1. The van der Waals surface area contributed by atoms with Gasteiger partial charge in [-0.05, 0) is 23.3 Å². The van der Waals surface area contributed by atoms with Gasteiger partial charge in [0.05, 0.1) is 7.11 Å². The highest BCUT2D eigenvalue weighted by Gasteiger charge is 2.02. The largest absolute Gasteiger partial charge is 0.497 e. The van der Waals surface area contributed by atoms with Crippen LogP contribution in [-0.2, 0) is 11.3 Å². The van der Waals surface area contributed by atoms with Crippen LogP contribution in [0.3, 0.4) is 0 Å². The standard InChI is InChI=1S/C19H19NO4/c1-23-18-10-9-16(17(12-18)13-21)8-5-11-20-19(22)24-14-15-6-3-2-4-7-15/h2-10,12-13H,11,14H2,1H3,(H,20,22). The molecule has 0 bridgehead atoms. The Labute approximate surface area is 140 Å². The first kappa shape index (κ1) is 17.3. The second kappa shape index (κ2) is 9.15. The minimum atomic E-state index is -0.492. The van der Waals surface area contributed by atoms with Crippen molar-refractivity contribution in [3.63, 3.8) is 0 Å². The summed E-state index contributed by atoms with van der Waals surface area (Å²) in [7, 11) is 1.55. The van der Waals surface area contributed by atoms with E-state index in [0.29, 0.717) is 17.9 Å². The summed E-state index contributed by atoms with van der Waals surface area (Å²) in [5.41, 5.74) is 2.21. The van der Waals surface area contributed by atoms with E-state index in [1.807, 2.05) is 30.3 Å². The molecule has 124 valence electrons. The maximum absolute atomic E-state index is 11.6. The maximum atomic E-state index is 11.6. The van der Waals surface area contributed by atoms with E-state index in [1.165, 1.54) is 0 Å². The molecule has 0 saturated heterocycles. The van der Waals surface area contributed by atoms with Crippen LogP contribution in [-0.4, -0.2) is 26.0 Å². The molecular weight excluding hydrogens is 306 g/mol. The molecule has 5 heteroatoms. The molecule has 0 radical (unpaired) electrons. The van der Waals surface area contributed by atoms with Crippen LogP contribution >= 0.6 is 0 Å². The molecule has 24 heavy (non-hydrogen) atoms. The first-order valence-corrected chi connectivity index (χ1v) is 7.47. The second-order valence-corrected chi connectivity index (χ2v) is 4.96. The predicted octanol–water partition coefficient (Wildman–Crippen LogP) is 3.45. The van der Waals surface area contributed by atoms with Gasteiger partial charge in [-0.2, -0.15) is 0 Å². The second-order valence-electron chi connectivity index (χ2n) is 4.96. The third-order valence-corrected chi connectivity index (χ3v) is 3.30. The molecule has 0 fully saturated rings. The molecule has 0 aromatic heterocycles. The SMILES string of the molecule is COc1ccc(C=CCNC(=O)OCc2ccccc2)c(C=O)c1. The molecular formula is C19H19NO4. The number of hydrogen-bond donors (Lipinski definition) is 1. The van der Waals surface area contributed by atoms with E-state index in [2.05, 4.69) is 5.32 Å². The van der Waals surface area contributed by atoms with Crippen LogP contribution < -0.4 is 10.1 Å². The van der Waals surface area contributed by atoms with Crippen molar-refractivity contribution < 1.29 is 19.1 Å². The third-order valence-electron chi connectivity index (χ3n) is 3.30. The number of alkyl carbamates (subject to hydrolysis) is 1. The fraction of sp³-hybridized carbons (Fsp3) is 0.158. The van der Waals surface area contributed by atoms with Crippen LogP contribution in [0.15, 0.2) is 54.6 Å². The Balaban J connectivity index is 1.80. The van der Waals surface area contributed by atoms with Gasteiger partial charge in [0.2, 0.25) is 0 Å². The molecule has 1 N–H and O–H groups in total. The van der Waals surface area contributed by atoms with E-state index < -0.39 is 6.09 Å². The molecule has 0 atom stereocenters. The number of nitrogens with one attached hydrogen (secondary N) is 1. The van der Waals surface area contributed by atoms with E-state index in [9.17, 15) is 9.59 Å². The number of rotatable bonds is 7. The fourth-order valence-electron chi connectivity index (χ4n) is 2.04. The molecule has 2 aromatic carbocycles. The molecule has 0 aliphatic carbocycles. The summed E-state index contributed by atoms with van der Waals surface area (Å²) < 4.78 is 10.2. The average molecular weight is 325 g/mol. The number of carbonyl (C=O) groups excluding carboxylic acids is 2. The summed E-state index contributed by atoms with van der Waals surface area (Å²) in [4.78, 5) is 22.7. The van der Waals surface area contributed by atoms with Crippen LogP contribution in [0, 0.1) is 0 Å². The van der Waals surface area contributed by atoms with Crippen LogP contribution in [0.2, 0.25) is 0 Å². The summed E-state index contributed by atoms with van der Waals surface area (Å²) in [6.07, 6.45) is 3.79. The van der Waals surface area contributed by atoms with Gasteiger partial charge in [-0.3, -0.25) is 4.79 Å². The van der Waals surface area contributed by atoms with Crippen LogP contribution in [0.5, 0.6) is 5.75 Å². The number of methoxy groups -OCH3 is 1. The molecule has 0 aliphatic rings. The Morgan fingerprint density at radius 3 is 2.62 bits per heavy atom. The Kier molecular flexibility index (Phi) is 6.58. The quantitative estimate of drug-likeness (QED) is 0.792. The molecule has 5 nitrogen and oxygen atoms in total. The monoisotopic (exact) mass is 325 g/mol. The van der Waals surface area contributed by atoms with Crippen molar-refractivity contribution in [1.29, 1.82) is 0 Å². The summed E-state index contributed by atoms with van der Waals surface area (Å²) in [5.74, 6) is 0.622. The van der Waals surface area contributed by atoms with E-state index >= 15 is 0 Å². The van der Waals surface area contributed by atoms with E-state index in [0.717, 1.165) is 17.4 Å². The van der Waals surface area contributed by atoms with Gasteiger partial charge >= 0.3 is 6.09 Å². The van der Waals surface area contributed by atoms with Crippen molar-refractivity contribution in [2.24, 2.45) is 0 Å². The normalized spacial score (nSPS) is 10.4. The van der Waals surface area contributed by atoms with Gasteiger partial charge in [0.25, 0.3) is 0 Å². The van der Waals surface area contributed by atoms with Gasteiger partial charge in [-0.15, -0.1) is 0 Å². The number of amides is 1. The fourth-order valence-corrected chi connectivity index (χ4v) is 2.04. The maximum Gasteiger partial charge on any atom is 0.407 e. The lowest BCUT2D eigenvalue weighted by Crippen LogP contribution is -2.24. The van der Waals surface area contributed by atoms with Crippen molar-refractivity contribution >= 4 is 18.5 Å². The van der Waals surface area contributed by atoms with Gasteiger partial charge in [0.1, 0.15) is 12.4 Å². The molecule has 0 saturated carbocycles. The predicted molar refractivity (Wildman–Crippen MR) is 92.0 cm³/mol. The third kappa shape index (κ3) is 5.28.